The molecule has 0 spiro atoms. The second-order valence-corrected chi connectivity index (χ2v) is 8.68. The first-order valence-electron chi connectivity index (χ1n) is 11.0. The SMILES string of the molecule is CC(/C=C/C1=C(c2cc(C(C)C)cc(C(C)C)c2OCCCF)CCC1)=C(/F)C(=O)O. The fourth-order valence-corrected chi connectivity index (χ4v) is 3.78. The molecule has 1 aliphatic rings. The molecule has 0 heterocycles. The number of benzene rings is 1. The molecule has 1 aliphatic carbocycles. The fourth-order valence-electron chi connectivity index (χ4n) is 3.78. The maximum Gasteiger partial charge on any atom is 0.365 e. The third-order valence-electron chi connectivity index (χ3n) is 5.61. The van der Waals surface area contributed by atoms with E-state index in [2.05, 4.69) is 39.8 Å². The zero-order valence-electron chi connectivity index (χ0n) is 19.2. The Morgan fingerprint density at radius 3 is 2.48 bits per heavy atom. The van der Waals surface area contributed by atoms with Gasteiger partial charge in [-0.2, -0.15) is 4.39 Å². The number of carboxylic acid groups (broad SMARTS) is 1. The van der Waals surface area contributed by atoms with Gasteiger partial charge in [-0.15, -0.1) is 0 Å². The van der Waals surface area contributed by atoms with E-state index in [4.69, 9.17) is 9.84 Å². The van der Waals surface area contributed by atoms with Crippen LogP contribution in [-0.2, 0) is 4.79 Å². The van der Waals surface area contributed by atoms with Crippen LogP contribution in [0.1, 0.15) is 88.8 Å². The maximum absolute atomic E-state index is 13.7. The van der Waals surface area contributed by atoms with Crippen molar-refractivity contribution in [2.45, 2.75) is 72.1 Å². The van der Waals surface area contributed by atoms with Crippen molar-refractivity contribution < 1.29 is 23.4 Å². The molecule has 0 fully saturated rings. The van der Waals surface area contributed by atoms with Crippen molar-refractivity contribution in [1.29, 1.82) is 0 Å². The van der Waals surface area contributed by atoms with Crippen LogP contribution in [-0.4, -0.2) is 24.4 Å². The number of aliphatic carboxylic acids is 1. The van der Waals surface area contributed by atoms with Crippen LogP contribution < -0.4 is 4.74 Å². The van der Waals surface area contributed by atoms with Gasteiger partial charge >= 0.3 is 5.97 Å². The van der Waals surface area contributed by atoms with E-state index in [9.17, 15) is 13.6 Å². The zero-order valence-corrected chi connectivity index (χ0v) is 19.2. The molecule has 31 heavy (non-hydrogen) atoms. The van der Waals surface area contributed by atoms with Gasteiger partial charge < -0.3 is 9.84 Å². The molecule has 2 rings (SSSR count). The fraction of sp³-hybridized carbons (Fsp3) is 0.500. The van der Waals surface area contributed by atoms with Gasteiger partial charge in [-0.05, 0) is 71.9 Å². The summed E-state index contributed by atoms with van der Waals surface area (Å²) >= 11 is 0. The van der Waals surface area contributed by atoms with E-state index in [1.165, 1.54) is 18.6 Å². The van der Waals surface area contributed by atoms with Gasteiger partial charge in [-0.3, -0.25) is 4.39 Å². The average molecular weight is 433 g/mol. The second-order valence-electron chi connectivity index (χ2n) is 8.68. The lowest BCUT2D eigenvalue weighted by Crippen LogP contribution is -2.07. The Balaban J connectivity index is 2.62. The van der Waals surface area contributed by atoms with E-state index >= 15 is 0 Å². The number of halogens is 2. The van der Waals surface area contributed by atoms with Crippen LogP contribution in [0.4, 0.5) is 8.78 Å². The van der Waals surface area contributed by atoms with Crippen LogP contribution in [0.25, 0.3) is 5.57 Å². The van der Waals surface area contributed by atoms with Gasteiger partial charge in [0.15, 0.2) is 0 Å². The predicted octanol–water partition coefficient (Wildman–Crippen LogP) is 7.49. The topological polar surface area (TPSA) is 46.5 Å². The normalized spacial score (nSPS) is 15.4. The number of carbonyl (C=O) groups is 1. The minimum atomic E-state index is -1.56. The van der Waals surface area contributed by atoms with Crippen molar-refractivity contribution in [2.24, 2.45) is 0 Å². The Morgan fingerprint density at radius 1 is 1.19 bits per heavy atom. The third kappa shape index (κ3) is 6.28. The molecule has 0 aromatic heterocycles. The first-order valence-corrected chi connectivity index (χ1v) is 11.0. The van der Waals surface area contributed by atoms with Crippen molar-refractivity contribution in [3.8, 4) is 5.75 Å². The Bertz CT molecular complexity index is 892. The van der Waals surface area contributed by atoms with Crippen molar-refractivity contribution in [3.05, 3.63) is 57.9 Å². The summed E-state index contributed by atoms with van der Waals surface area (Å²) in [6, 6.07) is 4.35. The Hall–Kier alpha value is -2.43. The molecule has 0 aliphatic heterocycles. The van der Waals surface area contributed by atoms with Gasteiger partial charge in [-0.25, -0.2) is 4.79 Å². The molecule has 0 amide bonds. The molecule has 0 radical (unpaired) electrons. The number of carboxylic acids is 1. The molecule has 0 unspecified atom stereocenters. The van der Waals surface area contributed by atoms with Crippen LogP contribution >= 0.6 is 0 Å². The summed E-state index contributed by atoms with van der Waals surface area (Å²) in [5.74, 6) is -1.31. The standard InChI is InChI=1S/C26H34F2O3/c1-16(2)20-14-22(17(3)4)25(31-13-7-12-27)23(15-20)21-9-6-8-19(21)11-10-18(5)24(28)26(29)30/h10-11,14-17H,6-9,12-13H2,1-5H3,(H,29,30)/b11-10+,24-18-. The molecule has 3 nitrogen and oxygen atoms in total. The van der Waals surface area contributed by atoms with Gasteiger partial charge in [0.05, 0.1) is 13.3 Å². The second kappa shape index (κ2) is 11.3. The minimum absolute atomic E-state index is 0.0875. The molecule has 0 saturated heterocycles. The quantitative estimate of drug-likeness (QED) is 0.237. The van der Waals surface area contributed by atoms with Crippen molar-refractivity contribution in [1.82, 2.24) is 0 Å². The van der Waals surface area contributed by atoms with Crippen LogP contribution in [0.15, 0.2) is 41.3 Å². The lowest BCUT2D eigenvalue weighted by Gasteiger charge is -2.22. The van der Waals surface area contributed by atoms with E-state index in [1.54, 1.807) is 0 Å². The molecule has 1 aromatic rings. The lowest BCUT2D eigenvalue weighted by molar-refractivity contribution is -0.134. The predicted molar refractivity (Wildman–Crippen MR) is 122 cm³/mol. The van der Waals surface area contributed by atoms with Gasteiger partial charge in [0.1, 0.15) is 5.75 Å². The molecule has 0 atom stereocenters. The van der Waals surface area contributed by atoms with Gasteiger partial charge in [0.2, 0.25) is 5.83 Å². The number of alkyl halides is 1. The van der Waals surface area contributed by atoms with E-state index in [-0.39, 0.29) is 11.5 Å². The number of rotatable bonds is 10. The Labute approximate surface area is 184 Å². The lowest BCUT2D eigenvalue weighted by atomic mass is 9.88. The summed E-state index contributed by atoms with van der Waals surface area (Å²) in [5, 5.41) is 8.86. The highest BCUT2D eigenvalue weighted by atomic mass is 19.1. The molecule has 170 valence electrons. The van der Waals surface area contributed by atoms with Gasteiger partial charge in [-0.1, -0.05) is 45.9 Å². The number of ether oxygens (including phenoxy) is 1. The highest BCUT2D eigenvalue weighted by Crippen LogP contribution is 2.43. The minimum Gasteiger partial charge on any atom is -0.493 e. The Kier molecular flexibility index (Phi) is 9.02. The summed E-state index contributed by atoms with van der Waals surface area (Å²) in [7, 11) is 0. The number of hydrogen-bond donors (Lipinski definition) is 1. The first-order chi connectivity index (χ1) is 14.7. The molecule has 0 bridgehead atoms. The molecule has 1 N–H and O–H groups in total. The molecular formula is C26H34F2O3. The summed E-state index contributed by atoms with van der Waals surface area (Å²) in [5.41, 5.74) is 5.63. The van der Waals surface area contributed by atoms with E-state index in [1.807, 2.05) is 6.08 Å². The summed E-state index contributed by atoms with van der Waals surface area (Å²) in [6.45, 7) is 9.90. The van der Waals surface area contributed by atoms with Crippen LogP contribution in [0.3, 0.4) is 0 Å². The Morgan fingerprint density at radius 2 is 1.90 bits per heavy atom. The first kappa shape index (κ1) is 24.8. The van der Waals surface area contributed by atoms with Gasteiger partial charge in [0.25, 0.3) is 0 Å². The van der Waals surface area contributed by atoms with Gasteiger partial charge in [0, 0.05) is 12.0 Å². The average Bonchev–Trinajstić information content (AvgIpc) is 3.19. The highest BCUT2D eigenvalue weighted by molar-refractivity contribution is 5.85. The summed E-state index contributed by atoms with van der Waals surface area (Å²) in [6.07, 6.45) is 6.36. The van der Waals surface area contributed by atoms with E-state index in [0.29, 0.717) is 18.9 Å². The zero-order chi connectivity index (χ0) is 23.1. The molecule has 5 heteroatoms. The highest BCUT2D eigenvalue weighted by Gasteiger charge is 2.23. The smallest absolute Gasteiger partial charge is 0.365 e. The summed E-state index contributed by atoms with van der Waals surface area (Å²) < 4.78 is 32.5. The molecule has 1 aromatic carbocycles. The largest absolute Gasteiger partial charge is 0.493 e. The van der Waals surface area contributed by atoms with Crippen LogP contribution in [0, 0.1) is 0 Å². The van der Waals surface area contributed by atoms with E-state index in [0.717, 1.165) is 47.3 Å². The summed E-state index contributed by atoms with van der Waals surface area (Å²) in [4.78, 5) is 10.9. The number of allylic oxidation sites excluding steroid dienone is 5. The van der Waals surface area contributed by atoms with E-state index < -0.39 is 18.5 Å². The van der Waals surface area contributed by atoms with Crippen molar-refractivity contribution in [3.63, 3.8) is 0 Å². The van der Waals surface area contributed by atoms with Crippen LogP contribution in [0.2, 0.25) is 0 Å². The van der Waals surface area contributed by atoms with Crippen LogP contribution in [0.5, 0.6) is 5.75 Å². The van der Waals surface area contributed by atoms with Crippen molar-refractivity contribution in [2.75, 3.05) is 13.3 Å². The number of hydrogen-bond acceptors (Lipinski definition) is 2. The molecular weight excluding hydrogens is 398 g/mol. The monoisotopic (exact) mass is 432 g/mol. The third-order valence-corrected chi connectivity index (χ3v) is 5.61. The molecule has 0 saturated carbocycles. The maximum atomic E-state index is 13.7. The van der Waals surface area contributed by atoms with Crippen molar-refractivity contribution >= 4 is 11.5 Å².